The maximum absolute atomic E-state index is 13.7. The van der Waals surface area contributed by atoms with E-state index in [-0.39, 0.29) is 69.4 Å². The van der Waals surface area contributed by atoms with Crippen LogP contribution in [0.1, 0.15) is 43.6 Å². The average molecular weight is 594 g/mol. The number of carbonyl (C=O) groups excluding carboxylic acids is 3. The lowest BCUT2D eigenvalue weighted by Crippen LogP contribution is -2.57. The Hall–Kier alpha value is -3.70. The molecule has 0 aromatic heterocycles. The zero-order valence-corrected chi connectivity index (χ0v) is 23.1. The quantitative estimate of drug-likeness (QED) is 0.438. The second-order valence-electron chi connectivity index (χ2n) is 11.4. The predicted molar refractivity (Wildman–Crippen MR) is 141 cm³/mol. The Morgan fingerprint density at radius 1 is 0.881 bits per heavy atom. The minimum atomic E-state index is -4.60. The molecule has 226 valence electrons. The number of carbonyl (C=O) groups is 3. The normalized spacial score (nSPS) is 22.4. The molecule has 0 spiro atoms. The molecule has 2 heterocycles. The molecule has 2 atom stereocenters. The number of ether oxygens (including phenoxy) is 1. The third-order valence-corrected chi connectivity index (χ3v) is 8.99. The highest BCUT2D eigenvalue weighted by molar-refractivity contribution is 5.85. The van der Waals surface area contributed by atoms with Gasteiger partial charge in [-0.3, -0.25) is 9.59 Å². The number of hydrogen-bond acceptors (Lipinski definition) is 4. The first-order valence-electron chi connectivity index (χ1n) is 14.0. The molecule has 3 fully saturated rings. The van der Waals surface area contributed by atoms with Gasteiger partial charge in [0, 0.05) is 45.1 Å². The van der Waals surface area contributed by atoms with Crippen molar-refractivity contribution in [3.8, 4) is 5.75 Å². The van der Waals surface area contributed by atoms with Crippen LogP contribution in [0.25, 0.3) is 0 Å². The highest BCUT2D eigenvalue weighted by atomic mass is 19.4. The molecule has 2 aromatic carbocycles. The van der Waals surface area contributed by atoms with Gasteiger partial charge < -0.3 is 19.4 Å². The van der Waals surface area contributed by atoms with Crippen molar-refractivity contribution in [1.29, 1.82) is 0 Å². The highest BCUT2D eigenvalue weighted by Crippen LogP contribution is 2.54. The van der Waals surface area contributed by atoms with Crippen molar-refractivity contribution < 1.29 is 41.1 Å². The van der Waals surface area contributed by atoms with Gasteiger partial charge in [0.1, 0.15) is 22.8 Å². The van der Waals surface area contributed by atoms with Crippen molar-refractivity contribution in [2.45, 2.75) is 50.2 Å². The summed E-state index contributed by atoms with van der Waals surface area (Å²) in [4.78, 5) is 43.7. The fourth-order valence-corrected chi connectivity index (χ4v) is 6.25. The molecule has 12 heteroatoms. The monoisotopic (exact) mass is 593 g/mol. The molecule has 2 saturated heterocycles. The standard InChI is InChI=1S/C30H32F5N3O4/c1-36(28(41)42-23-9-7-22(32)8-10-23)25-18-38(17-24(25)19-3-5-21(31)6-4-19)26(39)20-11-15-37(16-12-20)27(40)29(13-2-14-29)30(33,34)35/h3-10,20,24-25H,2,11-18H2,1H3/t24-,25+/m0/s1. The Morgan fingerprint density at radius 3 is 1.98 bits per heavy atom. The number of piperidine rings is 1. The number of benzene rings is 2. The summed E-state index contributed by atoms with van der Waals surface area (Å²) in [5, 5.41) is 0. The summed E-state index contributed by atoms with van der Waals surface area (Å²) < 4.78 is 73.4. The average Bonchev–Trinajstić information content (AvgIpc) is 3.38. The molecule has 0 unspecified atom stereocenters. The summed E-state index contributed by atoms with van der Waals surface area (Å²) in [6, 6.07) is 10.2. The van der Waals surface area contributed by atoms with E-state index >= 15 is 0 Å². The first-order chi connectivity index (χ1) is 19.9. The van der Waals surface area contributed by atoms with E-state index in [0.717, 1.165) is 17.7 Å². The molecule has 0 N–H and O–H groups in total. The number of likely N-dealkylation sites (N-methyl/N-ethyl adjacent to an activating group) is 1. The van der Waals surface area contributed by atoms with Crippen molar-refractivity contribution in [3.05, 3.63) is 65.7 Å². The van der Waals surface area contributed by atoms with Gasteiger partial charge in [-0.25, -0.2) is 13.6 Å². The lowest BCUT2D eigenvalue weighted by Gasteiger charge is -2.45. The van der Waals surface area contributed by atoms with Gasteiger partial charge in [-0.05, 0) is 67.6 Å². The van der Waals surface area contributed by atoms with Crippen LogP contribution >= 0.6 is 0 Å². The van der Waals surface area contributed by atoms with Crippen LogP contribution in [0.2, 0.25) is 0 Å². The third-order valence-electron chi connectivity index (χ3n) is 8.99. The first-order valence-corrected chi connectivity index (χ1v) is 14.0. The lowest BCUT2D eigenvalue weighted by molar-refractivity contribution is -0.249. The Bertz CT molecular complexity index is 1310. The van der Waals surface area contributed by atoms with Crippen LogP contribution in [0.4, 0.5) is 26.7 Å². The van der Waals surface area contributed by atoms with Crippen LogP contribution in [0, 0.1) is 23.0 Å². The molecule has 1 saturated carbocycles. The van der Waals surface area contributed by atoms with Crippen LogP contribution in [-0.2, 0) is 9.59 Å². The second kappa shape index (κ2) is 11.5. The molecule has 5 rings (SSSR count). The summed E-state index contributed by atoms with van der Waals surface area (Å²) in [5.41, 5.74) is -1.59. The zero-order chi connectivity index (χ0) is 30.2. The molecule has 42 heavy (non-hydrogen) atoms. The molecule has 0 radical (unpaired) electrons. The van der Waals surface area contributed by atoms with E-state index < -0.39 is 47.2 Å². The summed E-state index contributed by atoms with van der Waals surface area (Å²) in [7, 11) is 1.53. The van der Waals surface area contributed by atoms with Crippen molar-refractivity contribution in [3.63, 3.8) is 0 Å². The molecule has 3 amide bonds. The summed E-state index contributed by atoms with van der Waals surface area (Å²) in [6.45, 7) is 0.525. The van der Waals surface area contributed by atoms with E-state index in [1.165, 1.54) is 41.1 Å². The van der Waals surface area contributed by atoms with Gasteiger partial charge in [-0.1, -0.05) is 18.6 Å². The van der Waals surface area contributed by atoms with Gasteiger partial charge in [0.15, 0.2) is 0 Å². The maximum atomic E-state index is 13.7. The Morgan fingerprint density at radius 2 is 1.45 bits per heavy atom. The summed E-state index contributed by atoms with van der Waals surface area (Å²) >= 11 is 0. The second-order valence-corrected chi connectivity index (χ2v) is 11.4. The van der Waals surface area contributed by atoms with Gasteiger partial charge in [0.2, 0.25) is 11.8 Å². The number of amides is 3. The van der Waals surface area contributed by atoms with Crippen LogP contribution in [0.3, 0.4) is 0 Å². The molecule has 0 bridgehead atoms. The van der Waals surface area contributed by atoms with Gasteiger partial charge >= 0.3 is 12.3 Å². The lowest BCUT2D eigenvalue weighted by atomic mass is 9.67. The Balaban J connectivity index is 1.26. The highest BCUT2D eigenvalue weighted by Gasteiger charge is 2.64. The molecular weight excluding hydrogens is 561 g/mol. The number of hydrogen-bond donors (Lipinski definition) is 0. The molecule has 3 aliphatic rings. The summed E-state index contributed by atoms with van der Waals surface area (Å²) in [6.07, 6.45) is -4.88. The molecule has 1 aliphatic carbocycles. The van der Waals surface area contributed by atoms with E-state index in [4.69, 9.17) is 4.74 Å². The zero-order valence-electron chi connectivity index (χ0n) is 23.1. The predicted octanol–water partition coefficient (Wildman–Crippen LogP) is 5.36. The fraction of sp³-hybridized carbons (Fsp3) is 0.500. The largest absolute Gasteiger partial charge is 0.415 e. The van der Waals surface area contributed by atoms with Gasteiger partial charge in [-0.2, -0.15) is 13.2 Å². The van der Waals surface area contributed by atoms with Crippen LogP contribution < -0.4 is 4.74 Å². The van der Waals surface area contributed by atoms with Crippen LogP contribution in [-0.4, -0.2) is 78.1 Å². The molecule has 7 nitrogen and oxygen atoms in total. The van der Waals surface area contributed by atoms with E-state index in [9.17, 15) is 36.3 Å². The number of nitrogens with zero attached hydrogens (tertiary/aromatic N) is 3. The van der Waals surface area contributed by atoms with Gasteiger partial charge in [-0.15, -0.1) is 0 Å². The number of likely N-dealkylation sites (tertiary alicyclic amines) is 2. The van der Waals surface area contributed by atoms with Crippen molar-refractivity contribution in [2.24, 2.45) is 11.3 Å². The molecular formula is C30H32F5N3O4. The van der Waals surface area contributed by atoms with Crippen LogP contribution in [0.15, 0.2) is 48.5 Å². The van der Waals surface area contributed by atoms with Crippen LogP contribution in [0.5, 0.6) is 5.75 Å². The smallest absolute Gasteiger partial charge is 0.410 e. The van der Waals surface area contributed by atoms with E-state index in [0.29, 0.717) is 6.42 Å². The van der Waals surface area contributed by atoms with Crippen molar-refractivity contribution >= 4 is 17.9 Å². The minimum Gasteiger partial charge on any atom is -0.410 e. The summed E-state index contributed by atoms with van der Waals surface area (Å²) in [5.74, 6) is -2.72. The van der Waals surface area contributed by atoms with Crippen molar-refractivity contribution in [1.82, 2.24) is 14.7 Å². The Kier molecular flexibility index (Phi) is 8.17. The Labute approximate surface area is 240 Å². The number of rotatable bonds is 5. The minimum absolute atomic E-state index is 0.0651. The molecule has 2 aliphatic heterocycles. The number of alkyl halides is 3. The van der Waals surface area contributed by atoms with Gasteiger partial charge in [0.25, 0.3) is 0 Å². The third kappa shape index (κ3) is 5.67. The SMILES string of the molecule is CN(C(=O)Oc1ccc(F)cc1)[C@@H]1CN(C(=O)C2CCN(C(=O)C3(C(F)(F)F)CCC3)CC2)C[C@H]1c1ccc(F)cc1. The first kappa shape index (κ1) is 29.8. The molecule has 2 aromatic rings. The van der Waals surface area contributed by atoms with E-state index in [1.54, 1.807) is 17.0 Å². The van der Waals surface area contributed by atoms with E-state index in [2.05, 4.69) is 0 Å². The topological polar surface area (TPSA) is 70.2 Å². The van der Waals surface area contributed by atoms with E-state index in [1.807, 2.05) is 0 Å². The van der Waals surface area contributed by atoms with Gasteiger partial charge in [0.05, 0.1) is 6.04 Å². The fourth-order valence-electron chi connectivity index (χ4n) is 6.25. The number of halogens is 5. The van der Waals surface area contributed by atoms with Crippen molar-refractivity contribution in [2.75, 3.05) is 33.2 Å². The maximum Gasteiger partial charge on any atom is 0.415 e.